The maximum atomic E-state index is 12.6. The monoisotopic (exact) mass is 308 g/mol. The van der Waals surface area contributed by atoms with Gasteiger partial charge in [0.1, 0.15) is 11.9 Å². The molecule has 23 heavy (non-hydrogen) atoms. The Labute approximate surface area is 136 Å². The van der Waals surface area contributed by atoms with E-state index in [9.17, 15) is 9.59 Å². The van der Waals surface area contributed by atoms with Gasteiger partial charge in [0, 0.05) is 6.42 Å². The summed E-state index contributed by atoms with van der Waals surface area (Å²) in [6.45, 7) is 1.86. The number of Topliss-reactive ketones (excluding diaryl/α,β-unsaturated/α-hetero) is 1. The van der Waals surface area contributed by atoms with Gasteiger partial charge in [-0.3, -0.25) is 9.59 Å². The number of ketones is 1. The minimum Gasteiger partial charge on any atom is -0.458 e. The summed E-state index contributed by atoms with van der Waals surface area (Å²) in [7, 11) is 0. The van der Waals surface area contributed by atoms with Crippen molar-refractivity contribution in [1.29, 1.82) is 0 Å². The molecule has 2 aromatic rings. The number of carbonyl (C=O) groups excluding carboxylic acids is 2. The lowest BCUT2D eigenvalue weighted by Gasteiger charge is -2.21. The summed E-state index contributed by atoms with van der Waals surface area (Å²) in [5.41, 5.74) is 1.87. The summed E-state index contributed by atoms with van der Waals surface area (Å²) in [5.74, 6) is -0.894. The van der Waals surface area contributed by atoms with E-state index >= 15 is 0 Å². The second-order valence-corrected chi connectivity index (χ2v) is 5.99. The molecule has 3 heteroatoms. The maximum absolute atomic E-state index is 12.6. The molecular weight excluding hydrogens is 288 g/mol. The molecule has 3 rings (SSSR count). The van der Waals surface area contributed by atoms with Gasteiger partial charge >= 0.3 is 5.97 Å². The highest BCUT2D eigenvalue weighted by molar-refractivity contribution is 5.94. The van der Waals surface area contributed by atoms with Crippen LogP contribution in [0.1, 0.15) is 42.9 Å². The molecular formula is C20H20O3. The molecule has 3 nitrogen and oxygen atoms in total. The topological polar surface area (TPSA) is 43.4 Å². The Morgan fingerprint density at radius 3 is 2.30 bits per heavy atom. The molecule has 1 saturated carbocycles. The van der Waals surface area contributed by atoms with E-state index in [1.165, 1.54) is 0 Å². The van der Waals surface area contributed by atoms with E-state index in [2.05, 4.69) is 0 Å². The minimum absolute atomic E-state index is 0.130. The lowest BCUT2D eigenvalue weighted by atomic mass is 9.88. The Kier molecular flexibility index (Phi) is 4.56. The predicted octanol–water partition coefficient (Wildman–Crippen LogP) is 4.05. The fourth-order valence-electron chi connectivity index (χ4n) is 3.23. The second-order valence-electron chi connectivity index (χ2n) is 5.99. The van der Waals surface area contributed by atoms with Crippen LogP contribution in [-0.4, -0.2) is 11.8 Å². The van der Waals surface area contributed by atoms with E-state index in [0.29, 0.717) is 12.8 Å². The van der Waals surface area contributed by atoms with Gasteiger partial charge in [0.2, 0.25) is 0 Å². The van der Waals surface area contributed by atoms with Gasteiger partial charge in [-0.1, -0.05) is 60.7 Å². The second kappa shape index (κ2) is 6.78. The molecule has 1 aliphatic carbocycles. The molecule has 0 saturated heterocycles. The van der Waals surface area contributed by atoms with Crippen LogP contribution in [0.3, 0.4) is 0 Å². The lowest BCUT2D eigenvalue weighted by molar-refractivity contribution is -0.154. The van der Waals surface area contributed by atoms with Gasteiger partial charge in [0.15, 0.2) is 0 Å². The van der Waals surface area contributed by atoms with Crippen molar-refractivity contribution in [2.24, 2.45) is 5.92 Å². The number of hydrogen-bond acceptors (Lipinski definition) is 3. The average Bonchev–Trinajstić information content (AvgIpc) is 2.98. The molecule has 0 aliphatic heterocycles. The maximum Gasteiger partial charge on any atom is 0.310 e. The minimum atomic E-state index is -0.379. The quantitative estimate of drug-likeness (QED) is 0.800. The molecule has 118 valence electrons. The van der Waals surface area contributed by atoms with Gasteiger partial charge in [-0.05, 0) is 24.5 Å². The van der Waals surface area contributed by atoms with Crippen LogP contribution >= 0.6 is 0 Å². The smallest absolute Gasteiger partial charge is 0.310 e. The zero-order valence-corrected chi connectivity index (χ0v) is 13.1. The Morgan fingerprint density at radius 1 is 1.04 bits per heavy atom. The van der Waals surface area contributed by atoms with Crippen molar-refractivity contribution in [3.05, 3.63) is 71.8 Å². The number of carbonyl (C=O) groups is 2. The summed E-state index contributed by atoms with van der Waals surface area (Å²) in [6, 6.07) is 19.2. The van der Waals surface area contributed by atoms with Gasteiger partial charge in [0.25, 0.3) is 0 Å². The number of ether oxygens (including phenoxy) is 1. The fourth-order valence-corrected chi connectivity index (χ4v) is 3.23. The molecule has 0 bridgehead atoms. The van der Waals surface area contributed by atoms with Gasteiger partial charge in [-0.15, -0.1) is 0 Å². The van der Waals surface area contributed by atoms with E-state index in [1.54, 1.807) is 0 Å². The Bertz CT molecular complexity index is 679. The summed E-state index contributed by atoms with van der Waals surface area (Å²) in [6.07, 6.45) is 0.702. The SMILES string of the molecule is C[C@H](OC(=O)C1CCC(=O)C1c1ccccc1)c1ccccc1. The van der Waals surface area contributed by atoms with Crippen LogP contribution in [0.15, 0.2) is 60.7 Å². The first-order valence-corrected chi connectivity index (χ1v) is 8.00. The standard InChI is InChI=1S/C20H20O3/c1-14(15-8-4-2-5-9-15)23-20(22)17-12-13-18(21)19(17)16-10-6-3-7-11-16/h2-11,14,17,19H,12-13H2,1H3/t14-,17?,19?/m0/s1. The predicted molar refractivity (Wildman–Crippen MR) is 87.9 cm³/mol. The molecule has 0 spiro atoms. The van der Waals surface area contributed by atoms with Gasteiger partial charge in [0.05, 0.1) is 11.8 Å². The van der Waals surface area contributed by atoms with Crippen molar-refractivity contribution in [3.8, 4) is 0 Å². The molecule has 1 fully saturated rings. The molecule has 0 heterocycles. The third kappa shape index (κ3) is 3.34. The first-order valence-electron chi connectivity index (χ1n) is 8.00. The summed E-state index contributed by atoms with van der Waals surface area (Å²) >= 11 is 0. The van der Waals surface area contributed by atoms with Crippen molar-refractivity contribution >= 4 is 11.8 Å². The van der Waals surface area contributed by atoms with Gasteiger partial charge in [-0.25, -0.2) is 0 Å². The van der Waals surface area contributed by atoms with Crippen molar-refractivity contribution in [1.82, 2.24) is 0 Å². The van der Waals surface area contributed by atoms with Crippen LogP contribution in [-0.2, 0) is 14.3 Å². The zero-order valence-electron chi connectivity index (χ0n) is 13.1. The molecule has 0 N–H and O–H groups in total. The van der Waals surface area contributed by atoms with Crippen molar-refractivity contribution in [2.75, 3.05) is 0 Å². The first-order chi connectivity index (χ1) is 11.2. The number of esters is 1. The number of hydrogen-bond donors (Lipinski definition) is 0. The van der Waals surface area contributed by atoms with Gasteiger partial charge in [-0.2, -0.15) is 0 Å². The molecule has 2 unspecified atom stereocenters. The third-order valence-corrected chi connectivity index (χ3v) is 4.47. The molecule has 2 aromatic carbocycles. The van der Waals surface area contributed by atoms with Crippen molar-refractivity contribution in [3.63, 3.8) is 0 Å². The van der Waals surface area contributed by atoms with Gasteiger partial charge < -0.3 is 4.74 Å². The van der Waals surface area contributed by atoms with E-state index in [1.807, 2.05) is 67.6 Å². The molecule has 1 aliphatic rings. The fraction of sp³-hybridized carbons (Fsp3) is 0.300. The van der Waals surface area contributed by atoms with E-state index in [-0.39, 0.29) is 29.7 Å². The highest BCUT2D eigenvalue weighted by atomic mass is 16.5. The largest absolute Gasteiger partial charge is 0.458 e. The average molecular weight is 308 g/mol. The first kappa shape index (κ1) is 15.5. The van der Waals surface area contributed by atoms with E-state index < -0.39 is 0 Å². The molecule has 0 aromatic heterocycles. The van der Waals surface area contributed by atoms with Crippen LogP contribution < -0.4 is 0 Å². The van der Waals surface area contributed by atoms with E-state index in [0.717, 1.165) is 11.1 Å². The number of rotatable bonds is 4. The normalized spacial score (nSPS) is 21.9. The third-order valence-electron chi connectivity index (χ3n) is 4.47. The highest BCUT2D eigenvalue weighted by Crippen LogP contribution is 2.38. The lowest BCUT2D eigenvalue weighted by Crippen LogP contribution is -2.24. The van der Waals surface area contributed by atoms with Crippen LogP contribution in [0.25, 0.3) is 0 Å². The Hall–Kier alpha value is -2.42. The molecule has 3 atom stereocenters. The zero-order chi connectivity index (χ0) is 16.2. The summed E-state index contributed by atoms with van der Waals surface area (Å²) < 4.78 is 5.63. The van der Waals surface area contributed by atoms with Crippen LogP contribution in [0, 0.1) is 5.92 Å². The van der Waals surface area contributed by atoms with E-state index in [4.69, 9.17) is 4.74 Å². The summed E-state index contributed by atoms with van der Waals surface area (Å²) in [4.78, 5) is 24.8. The highest BCUT2D eigenvalue weighted by Gasteiger charge is 2.41. The summed E-state index contributed by atoms with van der Waals surface area (Å²) in [5, 5.41) is 0. The van der Waals surface area contributed by atoms with Crippen LogP contribution in [0.4, 0.5) is 0 Å². The Morgan fingerprint density at radius 2 is 1.65 bits per heavy atom. The molecule has 0 radical (unpaired) electrons. The van der Waals surface area contributed by atoms with Crippen molar-refractivity contribution in [2.45, 2.75) is 31.8 Å². The van der Waals surface area contributed by atoms with Crippen LogP contribution in [0.2, 0.25) is 0 Å². The Balaban J connectivity index is 1.75. The van der Waals surface area contributed by atoms with Crippen molar-refractivity contribution < 1.29 is 14.3 Å². The molecule has 0 amide bonds. The van der Waals surface area contributed by atoms with Crippen LogP contribution in [0.5, 0.6) is 0 Å². The number of benzene rings is 2.